The van der Waals surface area contributed by atoms with Crippen LogP contribution in [0.15, 0.2) is 48.7 Å². The number of carbonyl (C=O) groups is 1. The van der Waals surface area contributed by atoms with Crippen LogP contribution < -0.4 is 5.73 Å². The summed E-state index contributed by atoms with van der Waals surface area (Å²) in [4.78, 5) is 11.9. The van der Waals surface area contributed by atoms with Crippen molar-refractivity contribution in [1.29, 1.82) is 0 Å². The maximum absolute atomic E-state index is 13.9. The van der Waals surface area contributed by atoms with Crippen LogP contribution in [0.3, 0.4) is 0 Å². The Hall–Kier alpha value is -2.96. The predicted octanol–water partition coefficient (Wildman–Crippen LogP) is 2.15. The second-order valence-corrected chi connectivity index (χ2v) is 8.37. The Bertz CT molecular complexity index is 1190. The van der Waals surface area contributed by atoms with Gasteiger partial charge in [-0.15, -0.1) is 5.10 Å². The van der Waals surface area contributed by atoms with Crippen molar-refractivity contribution in [3.8, 4) is 11.3 Å². The van der Waals surface area contributed by atoms with Gasteiger partial charge in [0.2, 0.25) is 5.91 Å². The quantitative estimate of drug-likeness (QED) is 0.535. The van der Waals surface area contributed by atoms with Gasteiger partial charge in [-0.1, -0.05) is 47.1 Å². The molecule has 1 amide bonds. The number of carbonyl (C=O) groups excluding carboxylic acids is 1. The number of halogens is 3. The number of benzene rings is 2. The minimum Gasteiger partial charge on any atom is -0.387 e. The summed E-state index contributed by atoms with van der Waals surface area (Å²) >= 11 is 5.56. The summed E-state index contributed by atoms with van der Waals surface area (Å²) in [6, 6.07) is 10.2. The standard InChI is InChI=1S/C22H19ClF2N4O5/c23-16-12(24)6-11(7-13(16)25)14-8-29(28-27-14)17-18(30)20(21(26)31)33-15-9-32-22(34-19(15)17)10-4-2-1-3-5-10/h1-8,15,17-20,22,30H,9H2,(H2,26,31)/t15-,17-,18-,19+,20-,22?/m1/s1. The summed E-state index contributed by atoms with van der Waals surface area (Å²) in [6.07, 6.45) is -3.73. The third kappa shape index (κ3) is 4.05. The molecule has 5 rings (SSSR count). The lowest BCUT2D eigenvalue weighted by atomic mass is 9.91. The van der Waals surface area contributed by atoms with Crippen molar-refractivity contribution in [3.63, 3.8) is 0 Å². The molecule has 0 spiro atoms. The molecule has 0 aliphatic carbocycles. The monoisotopic (exact) mass is 492 g/mol. The number of aliphatic hydroxyl groups excluding tert-OH is 1. The van der Waals surface area contributed by atoms with E-state index in [4.69, 9.17) is 31.5 Å². The van der Waals surface area contributed by atoms with Gasteiger partial charge in [0.15, 0.2) is 12.4 Å². The van der Waals surface area contributed by atoms with Crippen LogP contribution in [-0.4, -0.2) is 57.0 Å². The number of ether oxygens (including phenoxy) is 3. The number of nitrogens with zero attached hydrogens (tertiary/aromatic N) is 3. The number of aliphatic hydroxyl groups is 1. The highest BCUT2D eigenvalue weighted by molar-refractivity contribution is 6.31. The first-order valence-electron chi connectivity index (χ1n) is 10.3. The Balaban J connectivity index is 1.50. The molecule has 178 valence electrons. The van der Waals surface area contributed by atoms with Crippen molar-refractivity contribution in [2.75, 3.05) is 6.61 Å². The first kappa shape index (κ1) is 22.8. The first-order valence-corrected chi connectivity index (χ1v) is 10.7. The summed E-state index contributed by atoms with van der Waals surface area (Å²) in [5.41, 5.74) is 6.39. The number of aromatic nitrogens is 3. The minimum atomic E-state index is -1.44. The Kier molecular flexibility index (Phi) is 6.04. The number of rotatable bonds is 4. The lowest BCUT2D eigenvalue weighted by Crippen LogP contribution is -2.62. The summed E-state index contributed by atoms with van der Waals surface area (Å²) < 4.78 is 46.7. The van der Waals surface area contributed by atoms with Gasteiger partial charge >= 0.3 is 0 Å². The van der Waals surface area contributed by atoms with Gasteiger partial charge in [-0.05, 0) is 12.1 Å². The molecule has 6 atom stereocenters. The summed E-state index contributed by atoms with van der Waals surface area (Å²) in [5.74, 6) is -2.78. The Morgan fingerprint density at radius 1 is 1.18 bits per heavy atom. The van der Waals surface area contributed by atoms with Gasteiger partial charge in [-0.25, -0.2) is 13.5 Å². The van der Waals surface area contributed by atoms with Gasteiger partial charge in [0, 0.05) is 11.1 Å². The SMILES string of the molecule is NC(=O)[C@@H]1O[C@@H]2COC(c3ccccc3)O[C@@H]2[C@H](n2cc(-c3cc(F)c(Cl)c(F)c3)nn2)[C@H]1O. The van der Waals surface area contributed by atoms with E-state index in [0.717, 1.165) is 17.7 Å². The van der Waals surface area contributed by atoms with Crippen LogP contribution in [0, 0.1) is 11.6 Å². The maximum Gasteiger partial charge on any atom is 0.249 e. The summed E-state index contributed by atoms with van der Waals surface area (Å²) in [5, 5.41) is 18.4. The molecule has 3 aromatic rings. The number of amides is 1. The molecule has 1 aromatic heterocycles. The highest BCUT2D eigenvalue weighted by Gasteiger charge is 2.52. The van der Waals surface area contributed by atoms with Crippen LogP contribution >= 0.6 is 11.6 Å². The van der Waals surface area contributed by atoms with Crippen LogP contribution in [0.1, 0.15) is 17.9 Å². The van der Waals surface area contributed by atoms with Crippen molar-refractivity contribution in [2.45, 2.75) is 36.7 Å². The van der Waals surface area contributed by atoms with E-state index >= 15 is 0 Å². The second kappa shape index (κ2) is 9.01. The van der Waals surface area contributed by atoms with Gasteiger partial charge < -0.3 is 25.1 Å². The fraction of sp³-hybridized carbons (Fsp3) is 0.318. The molecule has 2 fully saturated rings. The third-order valence-corrected chi connectivity index (χ3v) is 6.19. The van der Waals surface area contributed by atoms with E-state index in [1.54, 1.807) is 0 Å². The number of hydrogen-bond donors (Lipinski definition) is 2. The highest BCUT2D eigenvalue weighted by Crippen LogP contribution is 2.39. The zero-order valence-corrected chi connectivity index (χ0v) is 18.2. The van der Waals surface area contributed by atoms with E-state index in [9.17, 15) is 18.7 Å². The van der Waals surface area contributed by atoms with Gasteiger partial charge in [0.05, 0.1) is 12.8 Å². The van der Waals surface area contributed by atoms with Gasteiger partial charge in [0.1, 0.15) is 46.7 Å². The molecule has 0 radical (unpaired) electrons. The molecule has 34 heavy (non-hydrogen) atoms. The molecule has 2 aliphatic heterocycles. The number of primary amides is 1. The minimum absolute atomic E-state index is 0.0619. The van der Waals surface area contributed by atoms with E-state index in [2.05, 4.69) is 10.3 Å². The van der Waals surface area contributed by atoms with Crippen LogP contribution in [-0.2, 0) is 19.0 Å². The smallest absolute Gasteiger partial charge is 0.249 e. The summed E-state index contributed by atoms with van der Waals surface area (Å²) in [6.45, 7) is 0.0619. The van der Waals surface area contributed by atoms with Gasteiger partial charge in [-0.2, -0.15) is 0 Å². The lowest BCUT2D eigenvalue weighted by Gasteiger charge is -2.47. The Morgan fingerprint density at radius 3 is 2.56 bits per heavy atom. The average Bonchev–Trinajstić information content (AvgIpc) is 3.31. The lowest BCUT2D eigenvalue weighted by molar-refractivity contribution is -0.312. The molecule has 2 aromatic carbocycles. The van der Waals surface area contributed by atoms with Crippen molar-refractivity contribution < 1.29 is 32.9 Å². The predicted molar refractivity (Wildman–Crippen MR) is 113 cm³/mol. The van der Waals surface area contributed by atoms with Crippen molar-refractivity contribution >= 4 is 17.5 Å². The van der Waals surface area contributed by atoms with Crippen LogP contribution in [0.25, 0.3) is 11.3 Å². The fourth-order valence-electron chi connectivity index (χ4n) is 4.19. The zero-order valence-electron chi connectivity index (χ0n) is 17.4. The highest BCUT2D eigenvalue weighted by atomic mass is 35.5. The van der Waals surface area contributed by atoms with Crippen LogP contribution in [0.4, 0.5) is 8.78 Å². The largest absolute Gasteiger partial charge is 0.387 e. The number of nitrogens with two attached hydrogens (primary N) is 1. The molecule has 1 unspecified atom stereocenters. The van der Waals surface area contributed by atoms with E-state index in [1.807, 2.05) is 30.3 Å². The molecule has 2 aliphatic rings. The van der Waals surface area contributed by atoms with Crippen LogP contribution in [0.2, 0.25) is 5.02 Å². The molecule has 2 saturated heterocycles. The van der Waals surface area contributed by atoms with E-state index in [-0.39, 0.29) is 17.9 Å². The van der Waals surface area contributed by atoms with Crippen molar-refractivity contribution in [3.05, 3.63) is 70.9 Å². The topological polar surface area (TPSA) is 122 Å². The average molecular weight is 493 g/mol. The first-order chi connectivity index (χ1) is 16.3. The third-order valence-electron chi connectivity index (χ3n) is 5.82. The van der Waals surface area contributed by atoms with Crippen LogP contribution in [0.5, 0.6) is 0 Å². The Labute approximate surface area is 197 Å². The normalized spacial score (nSPS) is 28.9. The molecule has 9 nitrogen and oxygen atoms in total. The number of fused-ring (bicyclic) bond motifs is 1. The van der Waals surface area contributed by atoms with E-state index in [0.29, 0.717) is 0 Å². The van der Waals surface area contributed by atoms with Crippen molar-refractivity contribution in [2.24, 2.45) is 5.73 Å². The summed E-state index contributed by atoms with van der Waals surface area (Å²) in [7, 11) is 0. The van der Waals surface area contributed by atoms with Crippen molar-refractivity contribution in [1.82, 2.24) is 15.0 Å². The van der Waals surface area contributed by atoms with Gasteiger partial charge in [0.25, 0.3) is 0 Å². The van der Waals surface area contributed by atoms with E-state index in [1.165, 1.54) is 10.9 Å². The number of hydrogen-bond acceptors (Lipinski definition) is 7. The van der Waals surface area contributed by atoms with Gasteiger partial charge in [-0.3, -0.25) is 4.79 Å². The maximum atomic E-state index is 13.9. The molecule has 12 heteroatoms. The molecular weight excluding hydrogens is 474 g/mol. The molecule has 0 bridgehead atoms. The molecule has 3 N–H and O–H groups in total. The molecule has 3 heterocycles. The fourth-order valence-corrected chi connectivity index (χ4v) is 4.30. The molecular formula is C22H19ClF2N4O5. The Morgan fingerprint density at radius 2 is 1.88 bits per heavy atom. The molecule has 0 saturated carbocycles. The second-order valence-electron chi connectivity index (χ2n) is 7.99. The van der Waals surface area contributed by atoms with E-state index < -0.39 is 59.3 Å². The zero-order chi connectivity index (χ0) is 24.0.